The number of phenols is 1. The molecule has 5 rings (SSSR count). The van der Waals surface area contributed by atoms with Crippen LogP contribution in [0, 0.1) is 0 Å². The van der Waals surface area contributed by atoms with Crippen LogP contribution in [0.3, 0.4) is 0 Å². The van der Waals surface area contributed by atoms with Crippen LogP contribution in [0.1, 0.15) is 36.0 Å². The first kappa shape index (κ1) is 24.3. The molecule has 186 valence electrons. The van der Waals surface area contributed by atoms with E-state index in [1.807, 2.05) is 60.7 Å². The van der Waals surface area contributed by atoms with Crippen LogP contribution in [-0.4, -0.2) is 55.2 Å². The van der Waals surface area contributed by atoms with E-state index in [9.17, 15) is 9.90 Å². The Bertz CT molecular complexity index is 1300. The predicted molar refractivity (Wildman–Crippen MR) is 144 cm³/mol. The van der Waals surface area contributed by atoms with Gasteiger partial charge in [-0.3, -0.25) is 4.79 Å². The van der Waals surface area contributed by atoms with Crippen LogP contribution < -0.4 is 4.74 Å². The van der Waals surface area contributed by atoms with E-state index >= 15 is 0 Å². The number of nitrogens with zero attached hydrogens (tertiary/aromatic N) is 1. The molecule has 1 heterocycles. The van der Waals surface area contributed by atoms with Gasteiger partial charge in [-0.1, -0.05) is 48.9 Å². The van der Waals surface area contributed by atoms with E-state index in [1.54, 1.807) is 19.2 Å². The second kappa shape index (κ2) is 11.1. The van der Waals surface area contributed by atoms with Crippen LogP contribution in [0.4, 0.5) is 0 Å². The number of aromatic hydroxyl groups is 1. The van der Waals surface area contributed by atoms with Crippen LogP contribution in [0.25, 0.3) is 21.9 Å². The third-order valence-corrected chi connectivity index (χ3v) is 7.12. The van der Waals surface area contributed by atoms with Gasteiger partial charge in [0.25, 0.3) is 0 Å². The summed E-state index contributed by atoms with van der Waals surface area (Å²) in [6.07, 6.45) is 10.5. The fourth-order valence-electron chi connectivity index (χ4n) is 5.15. The number of phenolic OH excluding ortho intramolecular Hbond substituents is 1. The number of piperidine rings is 1. The van der Waals surface area contributed by atoms with Gasteiger partial charge in [-0.15, -0.1) is 0 Å². The molecular weight excluding hydrogens is 450 g/mol. The minimum Gasteiger partial charge on any atom is -0.508 e. The molecule has 5 nitrogen and oxygen atoms in total. The number of fused-ring (bicyclic) bond motifs is 1. The van der Waals surface area contributed by atoms with Crippen LogP contribution in [0.2, 0.25) is 0 Å². The maximum atomic E-state index is 13.9. The molecule has 1 aliphatic heterocycles. The molecule has 1 aliphatic carbocycles. The zero-order valence-electron chi connectivity index (χ0n) is 20.8. The van der Waals surface area contributed by atoms with Crippen molar-refractivity contribution in [3.05, 3.63) is 84.0 Å². The standard InChI is InChI=1S/C31H33NO4/c1-35-27-7-5-6-23(21-27)28-14-10-24-20-25(33)11-15-29(24)30(28)31(34)22-8-12-26(13-9-22)36-19-18-32-16-3-2-4-17-32/h5-12,14-15,20-21,26,33H,2-4,13,16-19H2,1H3. The molecular formula is C31H33NO4. The average Bonchev–Trinajstić information content (AvgIpc) is 2.93. The molecule has 0 bridgehead atoms. The first-order valence-electron chi connectivity index (χ1n) is 12.8. The minimum atomic E-state index is -0.0351. The summed E-state index contributed by atoms with van der Waals surface area (Å²) in [6, 6.07) is 16.8. The monoisotopic (exact) mass is 483 g/mol. The van der Waals surface area contributed by atoms with Crippen LogP contribution in [0.15, 0.2) is 78.4 Å². The Kier molecular flexibility index (Phi) is 7.49. The first-order chi connectivity index (χ1) is 17.6. The number of Topliss-reactive ketones (excluding diaryl/α,β-unsaturated/α-hetero) is 1. The Hall–Kier alpha value is -3.41. The number of rotatable bonds is 8. The molecule has 3 aromatic carbocycles. The van der Waals surface area contributed by atoms with Crippen molar-refractivity contribution < 1.29 is 19.4 Å². The quantitative estimate of drug-likeness (QED) is 0.389. The summed E-state index contributed by atoms with van der Waals surface area (Å²) < 4.78 is 11.5. The van der Waals surface area contributed by atoms with E-state index in [1.165, 1.54) is 32.4 Å². The fraction of sp³-hybridized carbons (Fsp3) is 0.323. The molecule has 2 aliphatic rings. The summed E-state index contributed by atoms with van der Waals surface area (Å²) >= 11 is 0. The van der Waals surface area contributed by atoms with Gasteiger partial charge in [-0.25, -0.2) is 0 Å². The summed E-state index contributed by atoms with van der Waals surface area (Å²) in [4.78, 5) is 16.4. The van der Waals surface area contributed by atoms with Crippen molar-refractivity contribution in [1.82, 2.24) is 4.90 Å². The van der Waals surface area contributed by atoms with Gasteiger partial charge >= 0.3 is 0 Å². The zero-order chi connectivity index (χ0) is 24.9. The number of ether oxygens (including phenoxy) is 2. The lowest BCUT2D eigenvalue weighted by atomic mass is 9.87. The van der Waals surface area contributed by atoms with Gasteiger partial charge in [0.15, 0.2) is 5.78 Å². The second-order valence-electron chi connectivity index (χ2n) is 9.52. The Balaban J connectivity index is 1.38. The van der Waals surface area contributed by atoms with Gasteiger partial charge in [-0.05, 0) is 84.6 Å². The number of allylic oxidation sites excluding steroid dienone is 2. The highest BCUT2D eigenvalue weighted by atomic mass is 16.5. The number of carbonyl (C=O) groups excluding carboxylic acids is 1. The van der Waals surface area contributed by atoms with Gasteiger partial charge in [0, 0.05) is 17.7 Å². The van der Waals surface area contributed by atoms with Crippen molar-refractivity contribution in [2.45, 2.75) is 31.8 Å². The van der Waals surface area contributed by atoms with Gasteiger partial charge in [0.2, 0.25) is 0 Å². The second-order valence-corrected chi connectivity index (χ2v) is 9.52. The highest BCUT2D eigenvalue weighted by Gasteiger charge is 2.22. The smallest absolute Gasteiger partial charge is 0.193 e. The fourth-order valence-corrected chi connectivity index (χ4v) is 5.15. The largest absolute Gasteiger partial charge is 0.508 e. The number of hydrogen-bond donors (Lipinski definition) is 1. The van der Waals surface area contributed by atoms with Crippen molar-refractivity contribution in [3.63, 3.8) is 0 Å². The van der Waals surface area contributed by atoms with Gasteiger partial charge in [0.05, 0.1) is 19.8 Å². The maximum absolute atomic E-state index is 13.9. The maximum Gasteiger partial charge on any atom is 0.193 e. The zero-order valence-corrected chi connectivity index (χ0v) is 20.8. The molecule has 0 radical (unpaired) electrons. The molecule has 0 amide bonds. The molecule has 1 unspecified atom stereocenters. The average molecular weight is 484 g/mol. The van der Waals surface area contributed by atoms with Crippen LogP contribution >= 0.6 is 0 Å². The summed E-state index contributed by atoms with van der Waals surface area (Å²) in [6.45, 7) is 4.01. The van der Waals surface area contributed by atoms with Crippen molar-refractivity contribution >= 4 is 16.6 Å². The number of hydrogen-bond acceptors (Lipinski definition) is 5. The number of likely N-dealkylation sites (tertiary alicyclic amines) is 1. The third-order valence-electron chi connectivity index (χ3n) is 7.12. The molecule has 1 saturated heterocycles. The highest BCUT2D eigenvalue weighted by Crippen LogP contribution is 2.35. The SMILES string of the molecule is COc1cccc(-c2ccc3cc(O)ccc3c2C(=O)C2=CCC(OCCN3CCCCC3)C=C2)c1. The summed E-state index contributed by atoms with van der Waals surface area (Å²) in [5.74, 6) is 0.876. The molecule has 36 heavy (non-hydrogen) atoms. The number of carbonyl (C=O) groups is 1. The normalized spacial score (nSPS) is 18.2. The third kappa shape index (κ3) is 5.38. The number of ketones is 1. The number of benzene rings is 3. The molecule has 5 heteroatoms. The lowest BCUT2D eigenvalue weighted by Crippen LogP contribution is -2.33. The molecule has 1 atom stereocenters. The summed E-state index contributed by atoms with van der Waals surface area (Å²) in [7, 11) is 1.64. The van der Waals surface area contributed by atoms with Crippen molar-refractivity contribution in [2.75, 3.05) is 33.4 Å². The molecule has 0 aromatic heterocycles. The highest BCUT2D eigenvalue weighted by molar-refractivity contribution is 6.21. The Morgan fingerprint density at radius 1 is 1.06 bits per heavy atom. The molecule has 1 N–H and O–H groups in total. The Morgan fingerprint density at radius 3 is 2.69 bits per heavy atom. The predicted octanol–water partition coefficient (Wildman–Crippen LogP) is 6.16. The topological polar surface area (TPSA) is 59.0 Å². The Morgan fingerprint density at radius 2 is 1.92 bits per heavy atom. The van der Waals surface area contributed by atoms with Crippen molar-refractivity contribution in [1.29, 1.82) is 0 Å². The lowest BCUT2D eigenvalue weighted by Gasteiger charge is -2.27. The molecule has 1 fully saturated rings. The van der Waals surface area contributed by atoms with Crippen LogP contribution in [0.5, 0.6) is 11.5 Å². The van der Waals surface area contributed by atoms with E-state index < -0.39 is 0 Å². The van der Waals surface area contributed by atoms with E-state index in [2.05, 4.69) is 4.90 Å². The molecule has 0 saturated carbocycles. The van der Waals surface area contributed by atoms with Crippen LogP contribution in [-0.2, 0) is 4.74 Å². The van der Waals surface area contributed by atoms with E-state index in [-0.39, 0.29) is 17.6 Å². The van der Waals surface area contributed by atoms with Gasteiger partial charge < -0.3 is 19.5 Å². The lowest BCUT2D eigenvalue weighted by molar-refractivity contribution is 0.0609. The molecule has 0 spiro atoms. The van der Waals surface area contributed by atoms with Crippen molar-refractivity contribution in [2.24, 2.45) is 0 Å². The van der Waals surface area contributed by atoms with E-state index in [0.717, 1.165) is 34.2 Å². The van der Waals surface area contributed by atoms with Gasteiger partial charge in [-0.2, -0.15) is 0 Å². The first-order valence-corrected chi connectivity index (χ1v) is 12.8. The summed E-state index contributed by atoms with van der Waals surface area (Å²) in [5, 5.41) is 11.6. The molecule has 3 aromatic rings. The number of methoxy groups -OCH3 is 1. The minimum absolute atomic E-state index is 0.00587. The van der Waals surface area contributed by atoms with Crippen molar-refractivity contribution in [3.8, 4) is 22.6 Å². The summed E-state index contributed by atoms with van der Waals surface area (Å²) in [5.41, 5.74) is 3.04. The Labute approximate surface area is 212 Å². The van der Waals surface area contributed by atoms with E-state index in [0.29, 0.717) is 24.2 Å². The van der Waals surface area contributed by atoms with Gasteiger partial charge in [0.1, 0.15) is 11.5 Å². The van der Waals surface area contributed by atoms with E-state index in [4.69, 9.17) is 9.47 Å².